The van der Waals surface area contributed by atoms with Gasteiger partial charge in [-0.2, -0.15) is 0 Å². The van der Waals surface area contributed by atoms with Crippen LogP contribution in [0.15, 0.2) is 24.3 Å². The fraction of sp³-hybridized carbons (Fsp3) is 0.542. The number of fused-ring (bicyclic) bond motifs is 3. The van der Waals surface area contributed by atoms with Crippen LogP contribution in [0.3, 0.4) is 0 Å². The number of rotatable bonds is 6. The number of ether oxygens (including phenoxy) is 2. The van der Waals surface area contributed by atoms with Crippen LogP contribution >= 0.6 is 0 Å². The van der Waals surface area contributed by atoms with Gasteiger partial charge in [-0.05, 0) is 40.1 Å². The van der Waals surface area contributed by atoms with E-state index in [9.17, 15) is 4.79 Å². The van der Waals surface area contributed by atoms with Crippen LogP contribution < -0.4 is 4.74 Å². The van der Waals surface area contributed by atoms with E-state index in [2.05, 4.69) is 44.5 Å². The molecule has 2 aromatic rings. The van der Waals surface area contributed by atoms with Gasteiger partial charge in [-0.15, -0.1) is 0 Å². The maximum absolute atomic E-state index is 13.3. The zero-order chi connectivity index (χ0) is 22.0. The normalized spacial score (nSPS) is 18.5. The molecule has 0 amide bonds. The molecule has 0 radical (unpaired) electrons. The summed E-state index contributed by atoms with van der Waals surface area (Å²) in [5.74, 6) is 0.628. The van der Waals surface area contributed by atoms with Crippen LogP contribution in [0.25, 0.3) is 10.9 Å². The first-order chi connectivity index (χ1) is 15.0. The Morgan fingerprint density at radius 3 is 2.65 bits per heavy atom. The van der Waals surface area contributed by atoms with Gasteiger partial charge in [0.1, 0.15) is 12.5 Å². The van der Waals surface area contributed by atoms with E-state index in [4.69, 9.17) is 9.47 Å². The third kappa shape index (κ3) is 4.35. The van der Waals surface area contributed by atoms with Gasteiger partial charge < -0.3 is 18.9 Å². The van der Waals surface area contributed by atoms with Crippen molar-refractivity contribution < 1.29 is 14.3 Å². The highest BCUT2D eigenvalue weighted by molar-refractivity contribution is 6.08. The third-order valence-electron chi connectivity index (χ3n) is 6.24. The topological polar surface area (TPSA) is 50.2 Å². The quantitative estimate of drug-likeness (QED) is 0.523. The highest BCUT2D eigenvalue weighted by atomic mass is 16.5. The number of allylic oxidation sites excluding steroid dienone is 2. The van der Waals surface area contributed by atoms with Crippen LogP contribution in [0.4, 0.5) is 0 Å². The Hall–Kier alpha value is -2.35. The molecule has 1 fully saturated rings. The number of carbonyl (C=O) groups excluding carboxylic acids is 1. The second-order valence-electron chi connectivity index (χ2n) is 8.53. The van der Waals surface area contributed by atoms with Crippen LogP contribution in [-0.4, -0.2) is 78.8 Å². The van der Waals surface area contributed by atoms with Crippen molar-refractivity contribution in [2.45, 2.75) is 33.5 Å². The molecule has 0 spiro atoms. The molecule has 1 saturated heterocycles. The van der Waals surface area contributed by atoms with Crippen LogP contribution in [-0.2, 0) is 24.4 Å². The van der Waals surface area contributed by atoms with Gasteiger partial charge in [-0.3, -0.25) is 9.80 Å². The van der Waals surface area contributed by atoms with Crippen molar-refractivity contribution in [3.05, 3.63) is 41.1 Å². The Morgan fingerprint density at radius 1 is 1.16 bits per heavy atom. The van der Waals surface area contributed by atoms with Crippen molar-refractivity contribution in [2.24, 2.45) is 0 Å². The molecule has 7 nitrogen and oxygen atoms in total. The summed E-state index contributed by atoms with van der Waals surface area (Å²) < 4.78 is 13.8. The molecule has 0 saturated carbocycles. The summed E-state index contributed by atoms with van der Waals surface area (Å²) in [6.07, 6.45) is 4.20. The minimum Gasteiger partial charge on any atom is -0.478 e. The lowest BCUT2D eigenvalue weighted by Gasteiger charge is -2.32. The molecule has 0 aliphatic carbocycles. The van der Waals surface area contributed by atoms with Crippen LogP contribution in [0.1, 0.15) is 35.5 Å². The molecule has 1 aromatic heterocycles. The standard InChI is InChI=1S/C24H34N4O3/c1-5-7-10-28-19-8-9-21-18(15-26(4)17-31-21)22(19)23(24(29)30-6-2)20(28)16-27-13-11-25(3)12-14-27/h5,7-9H,6,10-17H2,1-4H3/b7-5-. The van der Waals surface area contributed by atoms with Gasteiger partial charge >= 0.3 is 5.97 Å². The van der Waals surface area contributed by atoms with Crippen molar-refractivity contribution in [1.29, 1.82) is 0 Å². The smallest absolute Gasteiger partial charge is 0.340 e. The first-order valence-electron chi connectivity index (χ1n) is 11.2. The molecule has 2 aliphatic heterocycles. The molecule has 7 heteroatoms. The van der Waals surface area contributed by atoms with Crippen LogP contribution in [0.2, 0.25) is 0 Å². The number of aromatic nitrogens is 1. The monoisotopic (exact) mass is 426 g/mol. The zero-order valence-corrected chi connectivity index (χ0v) is 19.2. The molecule has 0 unspecified atom stereocenters. The van der Waals surface area contributed by atoms with Gasteiger partial charge in [0.05, 0.1) is 17.7 Å². The molecule has 168 valence electrons. The number of esters is 1. The molecule has 2 aliphatic rings. The summed E-state index contributed by atoms with van der Waals surface area (Å²) in [4.78, 5) is 20.2. The number of nitrogens with zero attached hydrogens (tertiary/aromatic N) is 4. The Morgan fingerprint density at radius 2 is 1.94 bits per heavy atom. The van der Waals surface area contributed by atoms with E-state index in [1.165, 1.54) is 0 Å². The summed E-state index contributed by atoms with van der Waals surface area (Å²) in [5.41, 5.74) is 3.89. The number of hydrogen-bond donors (Lipinski definition) is 0. The maximum Gasteiger partial charge on any atom is 0.340 e. The van der Waals surface area contributed by atoms with Crippen molar-refractivity contribution in [3.8, 4) is 5.75 Å². The van der Waals surface area contributed by atoms with Crippen molar-refractivity contribution in [3.63, 3.8) is 0 Å². The lowest BCUT2D eigenvalue weighted by molar-refractivity contribution is 0.0524. The van der Waals surface area contributed by atoms with E-state index in [1.807, 2.05) is 27.0 Å². The van der Waals surface area contributed by atoms with Crippen molar-refractivity contribution in [1.82, 2.24) is 19.3 Å². The highest BCUT2D eigenvalue weighted by Gasteiger charge is 2.30. The summed E-state index contributed by atoms with van der Waals surface area (Å²) in [5, 5.41) is 0.983. The van der Waals surface area contributed by atoms with Crippen molar-refractivity contribution in [2.75, 3.05) is 53.6 Å². The molecule has 0 bridgehead atoms. The molecule has 3 heterocycles. The fourth-order valence-corrected chi connectivity index (χ4v) is 4.56. The predicted octanol–water partition coefficient (Wildman–Crippen LogP) is 2.92. The number of carbonyl (C=O) groups is 1. The Labute approximate surface area is 184 Å². The van der Waals surface area contributed by atoms with Gasteiger partial charge in [0.15, 0.2) is 0 Å². The Balaban J connectivity index is 1.90. The maximum atomic E-state index is 13.3. The summed E-state index contributed by atoms with van der Waals surface area (Å²) in [7, 11) is 4.20. The van der Waals surface area contributed by atoms with E-state index in [0.717, 1.165) is 73.7 Å². The average molecular weight is 427 g/mol. The Kier molecular flexibility index (Phi) is 6.65. The van der Waals surface area contributed by atoms with E-state index in [0.29, 0.717) is 18.9 Å². The molecule has 0 atom stereocenters. The number of likely N-dealkylation sites (N-methyl/N-ethyl adjacent to an activating group) is 1. The van der Waals surface area contributed by atoms with Gasteiger partial charge in [-0.1, -0.05) is 12.2 Å². The number of benzene rings is 1. The summed E-state index contributed by atoms with van der Waals surface area (Å²) in [6.45, 7) is 11.1. The van der Waals surface area contributed by atoms with E-state index >= 15 is 0 Å². The molecule has 31 heavy (non-hydrogen) atoms. The van der Waals surface area contributed by atoms with Crippen LogP contribution in [0, 0.1) is 0 Å². The van der Waals surface area contributed by atoms with Crippen LogP contribution in [0.5, 0.6) is 5.75 Å². The third-order valence-corrected chi connectivity index (χ3v) is 6.24. The molecular formula is C24H34N4O3. The zero-order valence-electron chi connectivity index (χ0n) is 19.2. The minimum absolute atomic E-state index is 0.238. The summed E-state index contributed by atoms with van der Waals surface area (Å²) >= 11 is 0. The number of piperazine rings is 1. The lowest BCUT2D eigenvalue weighted by Crippen LogP contribution is -2.44. The fourth-order valence-electron chi connectivity index (χ4n) is 4.56. The predicted molar refractivity (Wildman–Crippen MR) is 122 cm³/mol. The first-order valence-corrected chi connectivity index (χ1v) is 11.2. The van der Waals surface area contributed by atoms with Gasteiger partial charge in [0.25, 0.3) is 0 Å². The van der Waals surface area contributed by atoms with E-state index < -0.39 is 0 Å². The molecule has 1 aromatic carbocycles. The van der Waals surface area contributed by atoms with E-state index in [-0.39, 0.29) is 5.97 Å². The Bertz CT molecular complexity index is 973. The first kappa shape index (κ1) is 21.9. The SMILES string of the molecule is C/C=C\Cn1c(CN2CCN(C)CC2)c(C(=O)OCC)c2c3c(ccc21)OCN(C)C3. The molecular weight excluding hydrogens is 392 g/mol. The second-order valence-corrected chi connectivity index (χ2v) is 8.53. The van der Waals surface area contributed by atoms with Crippen molar-refractivity contribution >= 4 is 16.9 Å². The number of hydrogen-bond acceptors (Lipinski definition) is 6. The summed E-state index contributed by atoms with van der Waals surface area (Å²) in [6, 6.07) is 4.14. The minimum atomic E-state index is -0.238. The molecule has 4 rings (SSSR count). The van der Waals surface area contributed by atoms with E-state index in [1.54, 1.807) is 0 Å². The molecule has 0 N–H and O–H groups in total. The second kappa shape index (κ2) is 9.42. The lowest BCUT2D eigenvalue weighted by atomic mass is 10.0. The van der Waals surface area contributed by atoms with Gasteiger partial charge in [0, 0.05) is 62.5 Å². The largest absolute Gasteiger partial charge is 0.478 e. The highest BCUT2D eigenvalue weighted by Crippen LogP contribution is 2.38. The van der Waals surface area contributed by atoms with Gasteiger partial charge in [0.2, 0.25) is 0 Å². The average Bonchev–Trinajstić information content (AvgIpc) is 3.07. The van der Waals surface area contributed by atoms with Gasteiger partial charge in [-0.25, -0.2) is 4.79 Å².